The highest BCUT2D eigenvalue weighted by molar-refractivity contribution is 6.02. The Balaban J connectivity index is 2.55. The number of ketones is 1. The summed E-state index contributed by atoms with van der Waals surface area (Å²) in [5, 5.41) is 0. The first-order valence-electron chi connectivity index (χ1n) is 8.58. The normalized spacial score (nSPS) is 11.8. The number of rotatable bonds is 10. The molecular weight excluding hydrogens is 364 g/mol. The number of methoxy groups -OCH3 is 6. The Hall–Kier alpha value is -2.77. The Kier molecular flexibility index (Phi) is 7.66. The van der Waals surface area contributed by atoms with E-state index >= 15 is 0 Å². The molecule has 2 aromatic carbocycles. The fourth-order valence-corrected chi connectivity index (χ4v) is 3.01. The Bertz CT molecular complexity index is 757. The molecule has 2 rings (SSSR count). The second kappa shape index (κ2) is 9.96. The summed E-state index contributed by atoms with van der Waals surface area (Å²) in [6, 6.07) is 10.4. The third-order valence-corrected chi connectivity index (χ3v) is 4.44. The maximum atomic E-state index is 13.5. The van der Waals surface area contributed by atoms with Crippen LogP contribution in [0.5, 0.6) is 23.0 Å². The fourth-order valence-electron chi connectivity index (χ4n) is 3.01. The van der Waals surface area contributed by atoms with E-state index < -0.39 is 12.2 Å². The number of Topliss-reactive ketones (excluding diaryl/α,β-unsaturated/α-hetero) is 1. The minimum atomic E-state index is -0.778. The van der Waals surface area contributed by atoms with Crippen molar-refractivity contribution in [1.82, 2.24) is 0 Å². The average Bonchev–Trinajstić information content (AvgIpc) is 2.75. The molecular formula is C21H26O7. The summed E-state index contributed by atoms with van der Waals surface area (Å²) in [6.07, 6.45) is -0.778. The van der Waals surface area contributed by atoms with E-state index in [-0.39, 0.29) is 5.78 Å². The Labute approximate surface area is 165 Å². The summed E-state index contributed by atoms with van der Waals surface area (Å²) in [5.41, 5.74) is 1.11. The van der Waals surface area contributed by atoms with Crippen LogP contribution >= 0.6 is 0 Å². The smallest absolute Gasteiger partial charge is 0.203 e. The van der Waals surface area contributed by atoms with Gasteiger partial charge in [0.25, 0.3) is 0 Å². The van der Waals surface area contributed by atoms with E-state index in [1.807, 2.05) is 12.1 Å². The number of carbonyl (C=O) groups is 1. The van der Waals surface area contributed by atoms with Crippen LogP contribution in [0.25, 0.3) is 0 Å². The van der Waals surface area contributed by atoms with E-state index in [9.17, 15) is 4.79 Å². The van der Waals surface area contributed by atoms with Crippen LogP contribution in [0.3, 0.4) is 0 Å². The standard InChI is InChI=1S/C21H26O7/c1-23-15-9-7-13(8-10-15)18(21(27-5)28-6)19(22)14-11-16(24-2)20(26-4)17(12-14)25-3/h7-12,18,21H,1-6H3. The first-order chi connectivity index (χ1) is 13.5. The van der Waals surface area contributed by atoms with Crippen LogP contribution in [-0.4, -0.2) is 54.7 Å². The highest BCUT2D eigenvalue weighted by Gasteiger charge is 2.32. The molecule has 7 heteroatoms. The van der Waals surface area contributed by atoms with Crippen LogP contribution in [0.4, 0.5) is 0 Å². The number of carbonyl (C=O) groups excluding carboxylic acids is 1. The van der Waals surface area contributed by atoms with E-state index in [1.165, 1.54) is 35.5 Å². The quantitative estimate of drug-likeness (QED) is 0.455. The van der Waals surface area contributed by atoms with Gasteiger partial charge in [0.15, 0.2) is 23.6 Å². The van der Waals surface area contributed by atoms with E-state index in [0.29, 0.717) is 28.6 Å². The zero-order valence-electron chi connectivity index (χ0n) is 17.0. The van der Waals surface area contributed by atoms with Crippen molar-refractivity contribution in [2.24, 2.45) is 0 Å². The topological polar surface area (TPSA) is 72.5 Å². The number of hydrogen-bond donors (Lipinski definition) is 0. The Morgan fingerprint density at radius 2 is 1.29 bits per heavy atom. The minimum Gasteiger partial charge on any atom is -0.497 e. The van der Waals surface area contributed by atoms with Crippen molar-refractivity contribution in [1.29, 1.82) is 0 Å². The second-order valence-corrected chi connectivity index (χ2v) is 5.87. The highest BCUT2D eigenvalue weighted by Crippen LogP contribution is 2.40. The third kappa shape index (κ3) is 4.37. The van der Waals surface area contributed by atoms with E-state index in [2.05, 4.69) is 0 Å². The first-order valence-corrected chi connectivity index (χ1v) is 8.58. The third-order valence-electron chi connectivity index (χ3n) is 4.44. The van der Waals surface area contributed by atoms with Gasteiger partial charge in [0, 0.05) is 19.8 Å². The van der Waals surface area contributed by atoms with Gasteiger partial charge >= 0.3 is 0 Å². The largest absolute Gasteiger partial charge is 0.497 e. The van der Waals surface area contributed by atoms with E-state index in [1.54, 1.807) is 31.4 Å². The van der Waals surface area contributed by atoms with E-state index in [0.717, 1.165) is 5.56 Å². The maximum Gasteiger partial charge on any atom is 0.203 e. The van der Waals surface area contributed by atoms with Crippen molar-refractivity contribution in [3.05, 3.63) is 47.5 Å². The maximum absolute atomic E-state index is 13.5. The van der Waals surface area contributed by atoms with Crippen LogP contribution in [0.1, 0.15) is 21.8 Å². The summed E-state index contributed by atoms with van der Waals surface area (Å²) in [7, 11) is 9.08. The molecule has 0 aromatic heterocycles. The minimum absolute atomic E-state index is 0.210. The lowest BCUT2D eigenvalue weighted by molar-refractivity contribution is -0.110. The van der Waals surface area contributed by atoms with Crippen molar-refractivity contribution < 1.29 is 33.2 Å². The number of benzene rings is 2. The van der Waals surface area contributed by atoms with Gasteiger partial charge in [0.1, 0.15) is 5.75 Å². The van der Waals surface area contributed by atoms with Crippen molar-refractivity contribution in [3.8, 4) is 23.0 Å². The summed E-state index contributed by atoms with van der Waals surface area (Å²) < 4.78 is 32.1. The van der Waals surface area contributed by atoms with Gasteiger partial charge in [-0.3, -0.25) is 4.79 Å². The fraction of sp³-hybridized carbons (Fsp3) is 0.381. The second-order valence-electron chi connectivity index (χ2n) is 5.87. The van der Waals surface area contributed by atoms with Gasteiger partial charge in [-0.15, -0.1) is 0 Å². The SMILES string of the molecule is COc1ccc(C(C(=O)c2cc(OC)c(OC)c(OC)c2)C(OC)OC)cc1. The number of hydrogen-bond acceptors (Lipinski definition) is 7. The molecule has 28 heavy (non-hydrogen) atoms. The van der Waals surface area contributed by atoms with E-state index in [4.69, 9.17) is 28.4 Å². The van der Waals surface area contributed by atoms with Crippen LogP contribution in [0.2, 0.25) is 0 Å². The predicted molar refractivity (Wildman–Crippen MR) is 104 cm³/mol. The van der Waals surface area contributed by atoms with Crippen molar-refractivity contribution in [2.45, 2.75) is 12.2 Å². The van der Waals surface area contributed by atoms with Gasteiger partial charge in [0.2, 0.25) is 5.75 Å². The lowest BCUT2D eigenvalue weighted by Crippen LogP contribution is -2.29. The molecule has 0 fully saturated rings. The molecule has 0 amide bonds. The highest BCUT2D eigenvalue weighted by atomic mass is 16.7. The van der Waals surface area contributed by atoms with Crippen molar-refractivity contribution >= 4 is 5.78 Å². The van der Waals surface area contributed by atoms with Crippen molar-refractivity contribution in [3.63, 3.8) is 0 Å². The molecule has 0 bridgehead atoms. The number of ether oxygens (including phenoxy) is 6. The Morgan fingerprint density at radius 3 is 1.68 bits per heavy atom. The lowest BCUT2D eigenvalue weighted by atomic mass is 9.89. The molecule has 0 heterocycles. The molecule has 0 saturated heterocycles. The van der Waals surface area contributed by atoms with Crippen LogP contribution in [-0.2, 0) is 9.47 Å². The lowest BCUT2D eigenvalue weighted by Gasteiger charge is -2.25. The van der Waals surface area contributed by atoms with Gasteiger partial charge in [-0.25, -0.2) is 0 Å². The molecule has 0 aliphatic carbocycles. The molecule has 1 atom stereocenters. The van der Waals surface area contributed by atoms with Crippen LogP contribution in [0, 0.1) is 0 Å². The monoisotopic (exact) mass is 390 g/mol. The zero-order chi connectivity index (χ0) is 20.7. The summed E-state index contributed by atoms with van der Waals surface area (Å²) in [4.78, 5) is 13.5. The summed E-state index contributed by atoms with van der Waals surface area (Å²) in [6.45, 7) is 0. The molecule has 2 aromatic rings. The molecule has 0 aliphatic heterocycles. The van der Waals surface area contributed by atoms with Gasteiger partial charge in [-0.1, -0.05) is 12.1 Å². The van der Waals surface area contributed by atoms with Crippen LogP contribution in [0.15, 0.2) is 36.4 Å². The molecule has 0 N–H and O–H groups in total. The first kappa shape index (κ1) is 21.5. The Morgan fingerprint density at radius 1 is 0.750 bits per heavy atom. The van der Waals surface area contributed by atoms with Gasteiger partial charge < -0.3 is 28.4 Å². The van der Waals surface area contributed by atoms with Crippen LogP contribution < -0.4 is 18.9 Å². The molecule has 0 radical (unpaired) electrons. The molecule has 1 unspecified atom stereocenters. The summed E-state index contributed by atoms with van der Waals surface area (Å²) in [5.74, 6) is 0.976. The van der Waals surface area contributed by atoms with Gasteiger partial charge in [-0.05, 0) is 29.8 Å². The van der Waals surface area contributed by atoms with Crippen molar-refractivity contribution in [2.75, 3.05) is 42.7 Å². The van der Waals surface area contributed by atoms with Gasteiger partial charge in [-0.2, -0.15) is 0 Å². The molecule has 152 valence electrons. The summed E-state index contributed by atoms with van der Waals surface area (Å²) >= 11 is 0. The molecule has 0 spiro atoms. The average molecular weight is 390 g/mol. The zero-order valence-corrected chi connectivity index (χ0v) is 17.0. The predicted octanol–water partition coefficient (Wildman–Crippen LogP) is 3.31. The molecule has 0 saturated carbocycles. The molecule has 0 aliphatic rings. The molecule has 7 nitrogen and oxygen atoms in total. The van der Waals surface area contributed by atoms with Gasteiger partial charge in [0.05, 0.1) is 34.4 Å².